The Morgan fingerprint density at radius 2 is 1.56 bits per heavy atom. The second kappa shape index (κ2) is 7.84. The summed E-state index contributed by atoms with van der Waals surface area (Å²) in [5.74, 6) is -0.231. The van der Waals surface area contributed by atoms with Crippen LogP contribution in [0.5, 0.6) is 5.75 Å². The van der Waals surface area contributed by atoms with Crippen LogP contribution in [-0.4, -0.2) is 16.7 Å². The van der Waals surface area contributed by atoms with Crippen molar-refractivity contribution < 1.29 is 14.3 Å². The van der Waals surface area contributed by atoms with E-state index in [-0.39, 0.29) is 5.78 Å². The number of aromatic nitrogens is 1. The first-order chi connectivity index (χ1) is 12.2. The molecule has 25 heavy (non-hydrogen) atoms. The maximum Gasteiger partial charge on any atom is 0.345 e. The first-order valence-corrected chi connectivity index (χ1v) is 7.73. The van der Waals surface area contributed by atoms with E-state index in [9.17, 15) is 9.59 Å². The minimum atomic E-state index is -0.497. The number of benzene rings is 2. The second-order valence-electron chi connectivity index (χ2n) is 5.23. The highest BCUT2D eigenvalue weighted by Crippen LogP contribution is 2.21. The first-order valence-electron chi connectivity index (χ1n) is 7.73. The summed E-state index contributed by atoms with van der Waals surface area (Å²) >= 11 is 0. The normalized spacial score (nSPS) is 10.6. The average Bonchev–Trinajstić information content (AvgIpc) is 2.68. The maximum atomic E-state index is 12.2. The monoisotopic (exact) mass is 329 g/mol. The maximum absolute atomic E-state index is 12.2. The molecule has 0 amide bonds. The molecule has 0 aliphatic heterocycles. The van der Waals surface area contributed by atoms with Crippen LogP contribution in [-0.2, 0) is 0 Å². The Morgan fingerprint density at radius 3 is 2.32 bits per heavy atom. The van der Waals surface area contributed by atoms with E-state index in [0.29, 0.717) is 22.4 Å². The zero-order chi connectivity index (χ0) is 17.5. The van der Waals surface area contributed by atoms with E-state index in [1.807, 2.05) is 24.3 Å². The lowest BCUT2D eigenvalue weighted by Crippen LogP contribution is -2.09. The van der Waals surface area contributed by atoms with Crippen molar-refractivity contribution >= 4 is 17.8 Å². The van der Waals surface area contributed by atoms with Gasteiger partial charge in [-0.15, -0.1) is 0 Å². The van der Waals surface area contributed by atoms with Crippen molar-refractivity contribution in [1.82, 2.24) is 4.98 Å². The highest BCUT2D eigenvalue weighted by Gasteiger charge is 2.10. The number of para-hydroxylation sites is 1. The quantitative estimate of drug-likeness (QED) is 0.305. The third-order valence-electron chi connectivity index (χ3n) is 3.49. The molecule has 0 bridgehead atoms. The molecular weight excluding hydrogens is 314 g/mol. The Bertz CT molecular complexity index is 903. The van der Waals surface area contributed by atoms with Crippen LogP contribution in [0.2, 0.25) is 0 Å². The summed E-state index contributed by atoms with van der Waals surface area (Å²) in [5, 5.41) is 0. The topological polar surface area (TPSA) is 56.3 Å². The van der Waals surface area contributed by atoms with Crippen molar-refractivity contribution in [2.45, 2.75) is 0 Å². The van der Waals surface area contributed by atoms with Gasteiger partial charge in [0.25, 0.3) is 0 Å². The van der Waals surface area contributed by atoms with Gasteiger partial charge in [-0.25, -0.2) is 4.79 Å². The van der Waals surface area contributed by atoms with Crippen LogP contribution in [0.15, 0.2) is 85.2 Å². The number of ether oxygens (including phenoxy) is 1. The molecule has 3 aromatic rings. The minimum Gasteiger partial charge on any atom is -0.422 e. The van der Waals surface area contributed by atoms with Gasteiger partial charge in [-0.3, -0.25) is 9.78 Å². The Morgan fingerprint density at radius 1 is 0.840 bits per heavy atom. The highest BCUT2D eigenvalue weighted by molar-refractivity contribution is 6.07. The van der Waals surface area contributed by atoms with E-state index in [0.717, 1.165) is 0 Å². The molecule has 0 saturated carbocycles. The Balaban J connectivity index is 1.78. The van der Waals surface area contributed by atoms with Crippen LogP contribution in [0.1, 0.15) is 26.3 Å². The number of nitrogens with zero attached hydrogens (tertiary/aromatic N) is 1. The molecule has 0 saturated heterocycles. The highest BCUT2D eigenvalue weighted by atomic mass is 16.5. The number of ketones is 1. The van der Waals surface area contributed by atoms with Gasteiger partial charge < -0.3 is 4.74 Å². The minimum absolute atomic E-state index is 0.117. The van der Waals surface area contributed by atoms with Crippen LogP contribution >= 0.6 is 0 Å². The number of carbonyl (C=O) groups is 2. The number of allylic oxidation sites excluding steroid dienone is 1. The summed E-state index contributed by atoms with van der Waals surface area (Å²) in [7, 11) is 0. The molecule has 4 heteroatoms. The number of carbonyl (C=O) groups excluding carboxylic acids is 2. The van der Waals surface area contributed by atoms with Crippen LogP contribution in [0.25, 0.3) is 6.08 Å². The van der Waals surface area contributed by atoms with Crippen LogP contribution in [0.3, 0.4) is 0 Å². The van der Waals surface area contributed by atoms with Gasteiger partial charge in [-0.05, 0) is 30.4 Å². The van der Waals surface area contributed by atoms with Gasteiger partial charge in [-0.2, -0.15) is 0 Å². The van der Waals surface area contributed by atoms with Gasteiger partial charge in [0.2, 0.25) is 0 Å². The van der Waals surface area contributed by atoms with Crippen LogP contribution < -0.4 is 4.74 Å². The molecule has 2 aromatic carbocycles. The largest absolute Gasteiger partial charge is 0.422 e. The summed E-state index contributed by atoms with van der Waals surface area (Å²) < 4.78 is 5.43. The van der Waals surface area contributed by atoms with Gasteiger partial charge >= 0.3 is 5.97 Å². The van der Waals surface area contributed by atoms with Gasteiger partial charge in [0, 0.05) is 23.5 Å². The summed E-state index contributed by atoms with van der Waals surface area (Å²) in [6.07, 6.45) is 6.13. The van der Waals surface area contributed by atoms with Gasteiger partial charge in [0.15, 0.2) is 5.78 Å². The number of hydrogen-bond donors (Lipinski definition) is 0. The molecule has 0 unspecified atom stereocenters. The molecule has 122 valence electrons. The first kappa shape index (κ1) is 16.3. The van der Waals surface area contributed by atoms with E-state index >= 15 is 0 Å². The van der Waals surface area contributed by atoms with Crippen LogP contribution in [0.4, 0.5) is 0 Å². The molecule has 4 nitrogen and oxygen atoms in total. The Kier molecular flexibility index (Phi) is 5.12. The predicted molar refractivity (Wildman–Crippen MR) is 95.4 cm³/mol. The van der Waals surface area contributed by atoms with E-state index in [1.54, 1.807) is 54.7 Å². The number of hydrogen-bond acceptors (Lipinski definition) is 4. The van der Waals surface area contributed by atoms with Crippen molar-refractivity contribution in [2.75, 3.05) is 0 Å². The Labute approximate surface area is 145 Å². The fourth-order valence-electron chi connectivity index (χ4n) is 2.22. The van der Waals surface area contributed by atoms with Gasteiger partial charge in [0.05, 0.1) is 5.56 Å². The Hall–Kier alpha value is -3.53. The molecule has 0 atom stereocenters. The molecule has 0 aliphatic rings. The molecular formula is C21H15NO3. The zero-order valence-electron chi connectivity index (χ0n) is 13.3. The third kappa shape index (κ3) is 4.26. The molecule has 1 aromatic heterocycles. The molecule has 0 N–H and O–H groups in total. The SMILES string of the molecule is O=C(C=Cc1ccccc1OC(=O)c1cccnc1)c1ccccc1. The fraction of sp³-hybridized carbons (Fsp3) is 0. The van der Waals surface area contributed by atoms with Crippen molar-refractivity contribution in [3.8, 4) is 5.75 Å². The lowest BCUT2D eigenvalue weighted by atomic mass is 10.1. The third-order valence-corrected chi connectivity index (χ3v) is 3.49. The number of pyridine rings is 1. The second-order valence-corrected chi connectivity index (χ2v) is 5.23. The van der Waals surface area contributed by atoms with Crippen molar-refractivity contribution in [3.05, 3.63) is 102 Å². The molecule has 0 fully saturated rings. The lowest BCUT2D eigenvalue weighted by Gasteiger charge is -2.07. The summed E-state index contributed by atoms with van der Waals surface area (Å²) in [4.78, 5) is 28.2. The number of esters is 1. The van der Waals surface area contributed by atoms with Crippen molar-refractivity contribution in [2.24, 2.45) is 0 Å². The van der Waals surface area contributed by atoms with E-state index in [4.69, 9.17) is 4.74 Å². The van der Waals surface area contributed by atoms with E-state index in [2.05, 4.69) is 4.98 Å². The van der Waals surface area contributed by atoms with E-state index in [1.165, 1.54) is 12.3 Å². The summed E-state index contributed by atoms with van der Waals surface area (Å²) in [6, 6.07) is 19.3. The van der Waals surface area contributed by atoms with Crippen molar-refractivity contribution in [3.63, 3.8) is 0 Å². The average molecular weight is 329 g/mol. The van der Waals surface area contributed by atoms with Gasteiger partial charge in [0.1, 0.15) is 5.75 Å². The van der Waals surface area contributed by atoms with Crippen molar-refractivity contribution in [1.29, 1.82) is 0 Å². The van der Waals surface area contributed by atoms with Gasteiger partial charge in [-0.1, -0.05) is 48.5 Å². The molecule has 0 radical (unpaired) electrons. The molecule has 3 rings (SSSR count). The smallest absolute Gasteiger partial charge is 0.345 e. The van der Waals surface area contributed by atoms with E-state index < -0.39 is 5.97 Å². The van der Waals surface area contributed by atoms with Crippen LogP contribution in [0, 0.1) is 0 Å². The summed E-state index contributed by atoms with van der Waals surface area (Å²) in [5.41, 5.74) is 1.61. The standard InChI is InChI=1S/C21H15NO3/c23-19(16-7-2-1-3-8-16)13-12-17-9-4-5-11-20(17)25-21(24)18-10-6-14-22-15-18/h1-15H. The fourth-order valence-corrected chi connectivity index (χ4v) is 2.22. The molecule has 0 aliphatic carbocycles. The number of rotatable bonds is 5. The zero-order valence-corrected chi connectivity index (χ0v) is 13.3. The summed E-state index contributed by atoms with van der Waals surface area (Å²) in [6.45, 7) is 0. The molecule has 0 spiro atoms. The molecule has 1 heterocycles. The predicted octanol–water partition coefficient (Wildman–Crippen LogP) is 4.20. The lowest BCUT2D eigenvalue weighted by molar-refractivity contribution is 0.0734.